The molecule has 1 heterocycles. The summed E-state index contributed by atoms with van der Waals surface area (Å²) in [6.07, 6.45) is -2.60. The van der Waals surface area contributed by atoms with Crippen molar-refractivity contribution in [2.75, 3.05) is 32.1 Å². The van der Waals surface area contributed by atoms with Crippen LogP contribution in [0.5, 0.6) is 5.75 Å². The van der Waals surface area contributed by atoms with E-state index in [1.807, 2.05) is 0 Å². The molecule has 1 aliphatic heterocycles. The van der Waals surface area contributed by atoms with Crippen LogP contribution in [0.2, 0.25) is 0 Å². The summed E-state index contributed by atoms with van der Waals surface area (Å²) in [5, 5.41) is 5.76. The number of carbonyl (C=O) groups is 2. The Morgan fingerprint density at radius 3 is 2.73 bits per heavy atom. The van der Waals surface area contributed by atoms with E-state index in [1.54, 1.807) is 0 Å². The summed E-state index contributed by atoms with van der Waals surface area (Å²) in [5.41, 5.74) is 0.108. The highest BCUT2D eigenvalue weighted by molar-refractivity contribution is 5.95. The Hall–Kier alpha value is -2.29. The van der Waals surface area contributed by atoms with E-state index in [2.05, 4.69) is 15.4 Å². The number of methoxy groups -OCH3 is 1. The minimum absolute atomic E-state index is 0.0275. The first-order valence-electron chi connectivity index (χ1n) is 8.21. The maximum absolute atomic E-state index is 12.4. The molecule has 1 fully saturated rings. The average molecular weight is 374 g/mol. The number of amides is 1. The molecule has 1 aliphatic rings. The number of hydrogen-bond acceptors (Lipinski definition) is 5. The van der Waals surface area contributed by atoms with Gasteiger partial charge in [0, 0.05) is 6.42 Å². The number of rotatable bonds is 7. The van der Waals surface area contributed by atoms with Crippen LogP contribution in [-0.4, -0.2) is 44.9 Å². The Bertz CT molecular complexity index is 643. The predicted molar refractivity (Wildman–Crippen MR) is 88.2 cm³/mol. The molecule has 0 aromatic heterocycles. The fourth-order valence-corrected chi connectivity index (χ4v) is 2.66. The van der Waals surface area contributed by atoms with Crippen molar-refractivity contribution in [2.45, 2.75) is 25.4 Å². The number of anilines is 1. The molecule has 1 aromatic carbocycles. The van der Waals surface area contributed by atoms with Crippen molar-refractivity contribution in [3.8, 4) is 5.75 Å². The maximum atomic E-state index is 12.4. The number of ether oxygens (including phenoxy) is 2. The molecule has 0 radical (unpaired) electrons. The van der Waals surface area contributed by atoms with Crippen LogP contribution < -0.4 is 15.4 Å². The summed E-state index contributed by atoms with van der Waals surface area (Å²) in [4.78, 5) is 23.7. The van der Waals surface area contributed by atoms with Crippen molar-refractivity contribution in [3.05, 3.63) is 23.8 Å². The van der Waals surface area contributed by atoms with Crippen molar-refractivity contribution in [2.24, 2.45) is 5.92 Å². The van der Waals surface area contributed by atoms with E-state index in [0.29, 0.717) is 12.3 Å². The Morgan fingerprint density at radius 2 is 2.12 bits per heavy atom. The molecule has 0 bridgehead atoms. The molecule has 0 aliphatic carbocycles. The molecule has 144 valence electrons. The fourth-order valence-electron chi connectivity index (χ4n) is 2.66. The summed E-state index contributed by atoms with van der Waals surface area (Å²) in [6, 6.07) is 3.80. The number of alkyl halides is 3. The number of nitrogens with one attached hydrogen (secondary N) is 2. The zero-order chi connectivity index (χ0) is 19.2. The van der Waals surface area contributed by atoms with E-state index in [4.69, 9.17) is 4.74 Å². The van der Waals surface area contributed by atoms with E-state index < -0.39 is 18.8 Å². The second-order valence-corrected chi connectivity index (χ2v) is 6.05. The Morgan fingerprint density at radius 1 is 1.35 bits per heavy atom. The van der Waals surface area contributed by atoms with Crippen LogP contribution in [0.1, 0.15) is 29.6 Å². The van der Waals surface area contributed by atoms with E-state index in [9.17, 15) is 22.8 Å². The lowest BCUT2D eigenvalue weighted by atomic mass is 10.0. The van der Waals surface area contributed by atoms with Gasteiger partial charge in [-0.2, -0.15) is 13.2 Å². The second-order valence-electron chi connectivity index (χ2n) is 6.05. The third-order valence-corrected chi connectivity index (χ3v) is 4.01. The topological polar surface area (TPSA) is 76.7 Å². The Kier molecular flexibility index (Phi) is 6.84. The molecule has 2 N–H and O–H groups in total. The highest BCUT2D eigenvalue weighted by Gasteiger charge is 2.29. The zero-order valence-corrected chi connectivity index (χ0v) is 14.3. The molecule has 26 heavy (non-hydrogen) atoms. The van der Waals surface area contributed by atoms with E-state index in [0.717, 1.165) is 32.7 Å². The summed E-state index contributed by atoms with van der Waals surface area (Å²) in [6.45, 7) is 0.256. The number of hydrogen-bond donors (Lipinski definition) is 2. The van der Waals surface area contributed by atoms with Crippen LogP contribution in [0, 0.1) is 5.92 Å². The van der Waals surface area contributed by atoms with Crippen LogP contribution in [0.3, 0.4) is 0 Å². The van der Waals surface area contributed by atoms with Gasteiger partial charge in [0.1, 0.15) is 5.75 Å². The molecule has 1 atom stereocenters. The number of halogens is 3. The van der Waals surface area contributed by atoms with Gasteiger partial charge in [-0.3, -0.25) is 4.79 Å². The lowest BCUT2D eigenvalue weighted by molar-refractivity contribution is -0.153. The highest BCUT2D eigenvalue weighted by Crippen LogP contribution is 2.29. The molecule has 1 amide bonds. The van der Waals surface area contributed by atoms with Gasteiger partial charge >= 0.3 is 12.1 Å². The molecule has 6 nitrogen and oxygen atoms in total. The maximum Gasteiger partial charge on any atom is 0.422 e. The average Bonchev–Trinajstić information content (AvgIpc) is 3.11. The first-order valence-corrected chi connectivity index (χ1v) is 8.21. The third kappa shape index (κ3) is 6.21. The summed E-state index contributed by atoms with van der Waals surface area (Å²) < 4.78 is 46.6. The summed E-state index contributed by atoms with van der Waals surface area (Å²) in [5.74, 6) is -0.849. The molecule has 9 heteroatoms. The van der Waals surface area contributed by atoms with Crippen LogP contribution >= 0.6 is 0 Å². The van der Waals surface area contributed by atoms with Gasteiger partial charge in [0.25, 0.3) is 0 Å². The quantitative estimate of drug-likeness (QED) is 0.718. The van der Waals surface area contributed by atoms with Gasteiger partial charge in [-0.15, -0.1) is 0 Å². The molecule has 0 spiro atoms. The van der Waals surface area contributed by atoms with Crippen molar-refractivity contribution in [1.82, 2.24) is 5.32 Å². The molecular weight excluding hydrogens is 353 g/mol. The minimum atomic E-state index is -4.54. The van der Waals surface area contributed by atoms with Crippen LogP contribution in [0.25, 0.3) is 0 Å². The van der Waals surface area contributed by atoms with Crippen molar-refractivity contribution in [3.63, 3.8) is 0 Å². The Balaban J connectivity index is 2.06. The van der Waals surface area contributed by atoms with E-state index in [1.165, 1.54) is 12.1 Å². The van der Waals surface area contributed by atoms with Gasteiger partial charge in [0.05, 0.1) is 18.4 Å². The first-order chi connectivity index (χ1) is 12.3. The van der Waals surface area contributed by atoms with Gasteiger partial charge in [0.15, 0.2) is 6.61 Å². The van der Waals surface area contributed by atoms with Crippen LogP contribution in [0.4, 0.5) is 18.9 Å². The minimum Gasteiger partial charge on any atom is -0.482 e. The van der Waals surface area contributed by atoms with Crippen molar-refractivity contribution in [1.29, 1.82) is 0 Å². The smallest absolute Gasteiger partial charge is 0.422 e. The van der Waals surface area contributed by atoms with E-state index in [-0.39, 0.29) is 29.3 Å². The SMILES string of the molecule is COC(=O)c1ccc(NC(=O)CCC2CCNC2)c(OCC(F)(F)F)c1. The van der Waals surface area contributed by atoms with Gasteiger partial charge in [0.2, 0.25) is 5.91 Å². The number of esters is 1. The molecule has 0 saturated carbocycles. The zero-order valence-electron chi connectivity index (χ0n) is 14.3. The lowest BCUT2D eigenvalue weighted by Crippen LogP contribution is -2.21. The van der Waals surface area contributed by atoms with Crippen LogP contribution in [0.15, 0.2) is 18.2 Å². The lowest BCUT2D eigenvalue weighted by Gasteiger charge is -2.15. The van der Waals surface area contributed by atoms with Crippen molar-refractivity contribution < 1.29 is 32.2 Å². The Labute approximate surface area is 149 Å². The normalized spacial score (nSPS) is 17.0. The van der Waals surface area contributed by atoms with Gasteiger partial charge in [-0.25, -0.2) is 4.79 Å². The molecular formula is C17H21F3N2O4. The first kappa shape index (κ1) is 20.0. The molecule has 1 unspecified atom stereocenters. The molecule has 1 saturated heterocycles. The fraction of sp³-hybridized carbons (Fsp3) is 0.529. The molecule has 2 rings (SSSR count). The van der Waals surface area contributed by atoms with Gasteiger partial charge in [-0.1, -0.05) is 0 Å². The van der Waals surface area contributed by atoms with E-state index >= 15 is 0 Å². The third-order valence-electron chi connectivity index (χ3n) is 4.01. The second kappa shape index (κ2) is 8.88. The largest absolute Gasteiger partial charge is 0.482 e. The number of carbonyl (C=O) groups excluding carboxylic acids is 2. The van der Waals surface area contributed by atoms with Gasteiger partial charge < -0.3 is 20.1 Å². The highest BCUT2D eigenvalue weighted by atomic mass is 19.4. The predicted octanol–water partition coefficient (Wildman–Crippen LogP) is 2.74. The summed E-state index contributed by atoms with van der Waals surface area (Å²) >= 11 is 0. The van der Waals surface area contributed by atoms with Crippen molar-refractivity contribution >= 4 is 17.6 Å². The standard InChI is InChI=1S/C17H21F3N2O4/c1-25-16(24)12-3-4-13(14(8-12)26-10-17(18,19)20)22-15(23)5-2-11-6-7-21-9-11/h3-4,8,11,21H,2,5-7,9-10H2,1H3,(H,22,23). The summed E-state index contributed by atoms with van der Waals surface area (Å²) in [7, 11) is 1.16. The van der Waals surface area contributed by atoms with Gasteiger partial charge in [-0.05, 0) is 50.0 Å². The number of benzene rings is 1. The van der Waals surface area contributed by atoms with Crippen LogP contribution in [-0.2, 0) is 9.53 Å². The molecule has 1 aromatic rings. The monoisotopic (exact) mass is 374 g/mol.